The second-order valence-corrected chi connectivity index (χ2v) is 4.25. The summed E-state index contributed by atoms with van der Waals surface area (Å²) in [5, 5.41) is 0. The molecule has 0 saturated carbocycles. The molecule has 0 aliphatic carbocycles. The molecule has 1 aromatic rings. The number of benzene rings is 1. The molecular weight excluding hydrogens is 203 g/mol. The van der Waals surface area contributed by atoms with Crippen LogP contribution in [-0.2, 0) is 13.1 Å². The number of hydrogen-bond acceptors (Lipinski definition) is 2. The van der Waals surface area contributed by atoms with Crippen molar-refractivity contribution in [3.63, 3.8) is 0 Å². The number of rotatable bonds is 5. The van der Waals surface area contributed by atoms with Gasteiger partial charge in [0, 0.05) is 30.3 Å². The lowest BCUT2D eigenvalue weighted by molar-refractivity contribution is 0.222. The molecule has 0 amide bonds. The van der Waals surface area contributed by atoms with Crippen LogP contribution < -0.4 is 5.73 Å². The van der Waals surface area contributed by atoms with E-state index in [-0.39, 0.29) is 12.4 Å². The van der Waals surface area contributed by atoms with Gasteiger partial charge in [0.15, 0.2) is 0 Å². The van der Waals surface area contributed by atoms with E-state index in [4.69, 9.17) is 5.73 Å². The Kier molecular flexibility index (Phi) is 4.90. The maximum atomic E-state index is 13.9. The van der Waals surface area contributed by atoms with Crippen molar-refractivity contribution in [2.24, 2.45) is 5.73 Å². The average Bonchev–Trinajstić information content (AvgIpc) is 2.27. The van der Waals surface area contributed by atoms with Gasteiger partial charge in [-0.2, -0.15) is 0 Å². The van der Waals surface area contributed by atoms with Gasteiger partial charge in [-0.15, -0.1) is 0 Å². The van der Waals surface area contributed by atoms with E-state index in [0.717, 1.165) is 12.1 Å². The first-order chi connectivity index (χ1) is 7.60. The molecule has 90 valence electrons. The lowest BCUT2D eigenvalue weighted by Gasteiger charge is -2.25. The normalized spacial score (nSPS) is 11.4. The molecule has 0 heterocycles. The summed E-state index contributed by atoms with van der Waals surface area (Å²) in [6.45, 7) is 8.15. The first-order valence-corrected chi connectivity index (χ1v) is 5.80. The van der Waals surface area contributed by atoms with Gasteiger partial charge in [0.1, 0.15) is 5.82 Å². The highest BCUT2D eigenvalue weighted by Gasteiger charge is 2.12. The molecule has 3 heteroatoms. The highest BCUT2D eigenvalue weighted by Crippen LogP contribution is 2.15. The molecule has 0 aliphatic rings. The standard InChI is InChI=1S/C13H21FN2/c1-4-16(10(2)3)9-12-7-5-6-11(8-15)13(12)14/h5-7,10H,4,8-9,15H2,1-3H3. The third kappa shape index (κ3) is 3.03. The van der Waals surface area contributed by atoms with Crippen LogP contribution in [0, 0.1) is 5.82 Å². The molecular formula is C13H21FN2. The third-order valence-corrected chi connectivity index (χ3v) is 2.89. The van der Waals surface area contributed by atoms with Gasteiger partial charge < -0.3 is 5.73 Å². The Morgan fingerprint density at radius 2 is 1.94 bits per heavy atom. The molecule has 0 unspecified atom stereocenters. The van der Waals surface area contributed by atoms with E-state index in [1.807, 2.05) is 12.1 Å². The topological polar surface area (TPSA) is 29.3 Å². The second kappa shape index (κ2) is 5.97. The Morgan fingerprint density at radius 3 is 2.44 bits per heavy atom. The molecule has 2 N–H and O–H groups in total. The van der Waals surface area contributed by atoms with E-state index in [0.29, 0.717) is 18.2 Å². The van der Waals surface area contributed by atoms with Crippen LogP contribution in [0.15, 0.2) is 18.2 Å². The van der Waals surface area contributed by atoms with Crippen molar-refractivity contribution in [1.82, 2.24) is 4.90 Å². The SMILES string of the molecule is CCN(Cc1cccc(CN)c1F)C(C)C. The van der Waals surface area contributed by atoms with E-state index in [9.17, 15) is 4.39 Å². The van der Waals surface area contributed by atoms with Crippen molar-refractivity contribution in [1.29, 1.82) is 0 Å². The van der Waals surface area contributed by atoms with Crippen molar-refractivity contribution in [3.05, 3.63) is 35.1 Å². The van der Waals surface area contributed by atoms with Crippen molar-refractivity contribution < 1.29 is 4.39 Å². The smallest absolute Gasteiger partial charge is 0.132 e. The fourth-order valence-corrected chi connectivity index (χ4v) is 1.79. The maximum absolute atomic E-state index is 13.9. The van der Waals surface area contributed by atoms with Gasteiger partial charge in [-0.25, -0.2) is 4.39 Å². The highest BCUT2D eigenvalue weighted by atomic mass is 19.1. The summed E-state index contributed by atoms with van der Waals surface area (Å²) in [5.74, 6) is -0.149. The van der Waals surface area contributed by atoms with Crippen LogP contribution in [0.2, 0.25) is 0 Å². The Morgan fingerprint density at radius 1 is 1.31 bits per heavy atom. The minimum atomic E-state index is -0.149. The predicted molar refractivity (Wildman–Crippen MR) is 65.5 cm³/mol. The van der Waals surface area contributed by atoms with Gasteiger partial charge in [-0.1, -0.05) is 25.1 Å². The molecule has 0 atom stereocenters. The molecule has 0 fully saturated rings. The minimum Gasteiger partial charge on any atom is -0.326 e. The summed E-state index contributed by atoms with van der Waals surface area (Å²) >= 11 is 0. The molecule has 0 spiro atoms. The lowest BCUT2D eigenvalue weighted by atomic mass is 10.1. The maximum Gasteiger partial charge on any atom is 0.132 e. The van der Waals surface area contributed by atoms with E-state index < -0.39 is 0 Å². The summed E-state index contributed by atoms with van der Waals surface area (Å²) in [6.07, 6.45) is 0. The van der Waals surface area contributed by atoms with Crippen molar-refractivity contribution in [2.45, 2.75) is 39.9 Å². The van der Waals surface area contributed by atoms with Crippen LogP contribution in [0.3, 0.4) is 0 Å². The average molecular weight is 224 g/mol. The quantitative estimate of drug-likeness (QED) is 0.832. The Hall–Kier alpha value is -0.930. The predicted octanol–water partition coefficient (Wildman–Crippen LogP) is 2.51. The van der Waals surface area contributed by atoms with Gasteiger partial charge in [-0.05, 0) is 20.4 Å². The Balaban J connectivity index is 2.88. The van der Waals surface area contributed by atoms with Gasteiger partial charge in [0.25, 0.3) is 0 Å². The number of nitrogens with zero attached hydrogens (tertiary/aromatic N) is 1. The first kappa shape index (κ1) is 13.1. The van der Waals surface area contributed by atoms with Crippen molar-refractivity contribution in [3.8, 4) is 0 Å². The van der Waals surface area contributed by atoms with Crippen LogP contribution in [-0.4, -0.2) is 17.5 Å². The number of halogens is 1. The highest BCUT2D eigenvalue weighted by molar-refractivity contribution is 5.25. The lowest BCUT2D eigenvalue weighted by Crippen LogP contribution is -2.30. The van der Waals surface area contributed by atoms with Gasteiger partial charge >= 0.3 is 0 Å². The largest absolute Gasteiger partial charge is 0.326 e. The number of hydrogen-bond donors (Lipinski definition) is 1. The van der Waals surface area contributed by atoms with Crippen molar-refractivity contribution in [2.75, 3.05) is 6.54 Å². The zero-order valence-corrected chi connectivity index (χ0v) is 10.3. The molecule has 0 aliphatic heterocycles. The molecule has 0 radical (unpaired) electrons. The molecule has 0 saturated heterocycles. The first-order valence-electron chi connectivity index (χ1n) is 5.80. The van der Waals surface area contributed by atoms with Crippen LogP contribution in [0.25, 0.3) is 0 Å². The summed E-state index contributed by atoms with van der Waals surface area (Å²) in [7, 11) is 0. The van der Waals surface area contributed by atoms with Gasteiger partial charge in [0.05, 0.1) is 0 Å². The summed E-state index contributed by atoms with van der Waals surface area (Å²) in [4.78, 5) is 2.22. The van der Waals surface area contributed by atoms with Crippen LogP contribution >= 0.6 is 0 Å². The summed E-state index contributed by atoms with van der Waals surface area (Å²) in [6, 6.07) is 5.87. The van der Waals surface area contributed by atoms with E-state index >= 15 is 0 Å². The number of nitrogens with two attached hydrogens (primary N) is 1. The zero-order valence-electron chi connectivity index (χ0n) is 10.3. The molecule has 0 bridgehead atoms. The Bertz CT molecular complexity index is 337. The van der Waals surface area contributed by atoms with Crippen LogP contribution in [0.4, 0.5) is 4.39 Å². The van der Waals surface area contributed by atoms with E-state index in [1.165, 1.54) is 0 Å². The van der Waals surface area contributed by atoms with Gasteiger partial charge in [-0.3, -0.25) is 4.90 Å². The van der Waals surface area contributed by atoms with Crippen LogP contribution in [0.1, 0.15) is 31.9 Å². The third-order valence-electron chi connectivity index (χ3n) is 2.89. The molecule has 0 aromatic heterocycles. The van der Waals surface area contributed by atoms with E-state index in [2.05, 4.69) is 25.7 Å². The Labute approximate surface area is 97.3 Å². The minimum absolute atomic E-state index is 0.149. The molecule has 1 aromatic carbocycles. The molecule has 2 nitrogen and oxygen atoms in total. The zero-order chi connectivity index (χ0) is 12.1. The fraction of sp³-hybridized carbons (Fsp3) is 0.538. The monoisotopic (exact) mass is 224 g/mol. The van der Waals surface area contributed by atoms with Crippen LogP contribution in [0.5, 0.6) is 0 Å². The van der Waals surface area contributed by atoms with E-state index in [1.54, 1.807) is 6.07 Å². The van der Waals surface area contributed by atoms with Crippen molar-refractivity contribution >= 4 is 0 Å². The molecule has 1 rings (SSSR count). The molecule has 16 heavy (non-hydrogen) atoms. The van der Waals surface area contributed by atoms with Gasteiger partial charge in [0.2, 0.25) is 0 Å². The fourth-order valence-electron chi connectivity index (χ4n) is 1.79. The second-order valence-electron chi connectivity index (χ2n) is 4.25. The summed E-state index contributed by atoms with van der Waals surface area (Å²) < 4.78 is 13.9. The summed E-state index contributed by atoms with van der Waals surface area (Å²) in [5.41, 5.74) is 6.82.